The van der Waals surface area contributed by atoms with Crippen LogP contribution in [0.15, 0.2) is 66.1 Å². The van der Waals surface area contributed by atoms with Crippen LogP contribution in [-0.2, 0) is 9.53 Å². The molecule has 0 unspecified atom stereocenters. The predicted octanol–water partition coefficient (Wildman–Crippen LogP) is 5.40. The van der Waals surface area contributed by atoms with Crippen LogP contribution in [0.2, 0.25) is 10.0 Å². The molecule has 0 radical (unpaired) electrons. The molecule has 0 fully saturated rings. The first-order valence-electron chi connectivity index (χ1n) is 8.82. The summed E-state index contributed by atoms with van der Waals surface area (Å²) in [6, 6.07) is 16.9. The van der Waals surface area contributed by atoms with Crippen molar-refractivity contribution in [1.29, 1.82) is 0 Å². The fraction of sp³-hybridized carbons (Fsp3) is 0.136. The Kier molecular flexibility index (Phi) is 4.92. The Hall–Kier alpha value is -2.69. The van der Waals surface area contributed by atoms with E-state index >= 15 is 0 Å². The van der Waals surface area contributed by atoms with Crippen molar-refractivity contribution >= 4 is 39.9 Å². The molecular formula is C22H17Cl2NO3. The Bertz CT molecular complexity index is 1120. The number of rotatable bonds is 3. The Morgan fingerprint density at radius 1 is 1.14 bits per heavy atom. The molecule has 0 spiro atoms. The van der Waals surface area contributed by atoms with E-state index in [1.54, 1.807) is 25.1 Å². The van der Waals surface area contributed by atoms with Gasteiger partial charge < -0.3 is 15.2 Å². The van der Waals surface area contributed by atoms with Gasteiger partial charge in [0, 0.05) is 15.6 Å². The molecule has 6 heteroatoms. The van der Waals surface area contributed by atoms with Crippen LogP contribution in [0.3, 0.4) is 0 Å². The molecule has 0 aromatic heterocycles. The lowest BCUT2D eigenvalue weighted by Crippen LogP contribution is -2.27. The van der Waals surface area contributed by atoms with Gasteiger partial charge in [-0.2, -0.15) is 0 Å². The Labute approximate surface area is 172 Å². The van der Waals surface area contributed by atoms with Crippen molar-refractivity contribution in [3.8, 4) is 5.75 Å². The molecule has 0 aliphatic carbocycles. The normalized spacial score (nSPS) is 15.9. The number of carbonyl (C=O) groups is 1. The lowest BCUT2D eigenvalue weighted by molar-refractivity contribution is -0.139. The van der Waals surface area contributed by atoms with E-state index in [1.165, 1.54) is 0 Å². The highest BCUT2D eigenvalue weighted by molar-refractivity contribution is 6.35. The molecule has 142 valence electrons. The van der Waals surface area contributed by atoms with Gasteiger partial charge in [0.25, 0.3) is 0 Å². The first-order chi connectivity index (χ1) is 13.5. The largest absolute Gasteiger partial charge is 0.462 e. The number of ether oxygens (including phenoxy) is 2. The Balaban J connectivity index is 2.04. The van der Waals surface area contributed by atoms with Gasteiger partial charge in [-0.25, -0.2) is 4.79 Å². The topological polar surface area (TPSA) is 61.5 Å². The van der Waals surface area contributed by atoms with E-state index < -0.39 is 11.9 Å². The van der Waals surface area contributed by atoms with Crippen LogP contribution in [-0.4, -0.2) is 12.6 Å². The van der Waals surface area contributed by atoms with E-state index in [-0.39, 0.29) is 18.1 Å². The minimum absolute atomic E-state index is 0.0113. The second-order valence-corrected chi connectivity index (χ2v) is 7.24. The number of fused-ring (bicyclic) bond motifs is 3. The molecule has 28 heavy (non-hydrogen) atoms. The lowest BCUT2D eigenvalue weighted by Gasteiger charge is -2.30. The number of nitrogens with two attached hydrogens (primary N) is 1. The fourth-order valence-electron chi connectivity index (χ4n) is 3.60. The zero-order valence-electron chi connectivity index (χ0n) is 15.0. The Morgan fingerprint density at radius 3 is 2.68 bits per heavy atom. The smallest absolute Gasteiger partial charge is 0.340 e. The maximum Gasteiger partial charge on any atom is 0.340 e. The first-order valence-corrected chi connectivity index (χ1v) is 9.58. The van der Waals surface area contributed by atoms with E-state index in [2.05, 4.69) is 0 Å². The molecule has 2 N–H and O–H groups in total. The van der Waals surface area contributed by atoms with Crippen molar-refractivity contribution < 1.29 is 14.3 Å². The minimum atomic E-state index is -0.543. The van der Waals surface area contributed by atoms with Crippen LogP contribution in [0.1, 0.15) is 24.0 Å². The first kappa shape index (κ1) is 18.7. The van der Waals surface area contributed by atoms with Crippen LogP contribution in [0.5, 0.6) is 5.75 Å². The summed E-state index contributed by atoms with van der Waals surface area (Å²) in [5.41, 5.74) is 7.92. The zero-order chi connectivity index (χ0) is 19.8. The molecule has 1 aliphatic heterocycles. The van der Waals surface area contributed by atoms with Crippen molar-refractivity contribution in [2.45, 2.75) is 12.8 Å². The number of esters is 1. The molecule has 1 heterocycles. The molecule has 0 saturated heterocycles. The molecule has 3 aromatic rings. The average Bonchev–Trinajstić information content (AvgIpc) is 2.67. The summed E-state index contributed by atoms with van der Waals surface area (Å²) >= 11 is 12.6. The number of hydrogen-bond acceptors (Lipinski definition) is 4. The van der Waals surface area contributed by atoms with Gasteiger partial charge in [0.1, 0.15) is 11.3 Å². The van der Waals surface area contributed by atoms with Crippen LogP contribution < -0.4 is 10.5 Å². The van der Waals surface area contributed by atoms with Crippen LogP contribution in [0, 0.1) is 0 Å². The number of halogens is 2. The lowest BCUT2D eigenvalue weighted by atomic mass is 9.80. The number of carbonyl (C=O) groups excluding carboxylic acids is 1. The highest BCUT2D eigenvalue weighted by Crippen LogP contribution is 2.47. The number of benzene rings is 3. The summed E-state index contributed by atoms with van der Waals surface area (Å²) in [6.07, 6.45) is 0. The van der Waals surface area contributed by atoms with Crippen LogP contribution >= 0.6 is 23.2 Å². The van der Waals surface area contributed by atoms with E-state index in [4.69, 9.17) is 38.4 Å². The summed E-state index contributed by atoms with van der Waals surface area (Å²) in [4.78, 5) is 12.8. The van der Waals surface area contributed by atoms with E-state index in [0.29, 0.717) is 21.4 Å². The third-order valence-electron chi connectivity index (χ3n) is 4.76. The molecule has 4 nitrogen and oxygen atoms in total. The van der Waals surface area contributed by atoms with Gasteiger partial charge in [0.2, 0.25) is 5.88 Å². The summed E-state index contributed by atoms with van der Waals surface area (Å²) in [7, 11) is 0. The highest BCUT2D eigenvalue weighted by atomic mass is 35.5. The molecule has 1 aliphatic rings. The van der Waals surface area contributed by atoms with E-state index in [0.717, 1.165) is 16.3 Å². The molecule has 1 atom stereocenters. The second kappa shape index (κ2) is 7.38. The van der Waals surface area contributed by atoms with E-state index in [1.807, 2.05) is 36.4 Å². The van der Waals surface area contributed by atoms with Crippen molar-refractivity contribution in [2.24, 2.45) is 5.73 Å². The zero-order valence-corrected chi connectivity index (χ0v) is 16.6. The average molecular weight is 414 g/mol. The third-order valence-corrected chi connectivity index (χ3v) is 5.32. The van der Waals surface area contributed by atoms with Crippen LogP contribution in [0.4, 0.5) is 0 Å². The van der Waals surface area contributed by atoms with Gasteiger partial charge in [-0.05, 0) is 41.5 Å². The molecule has 4 rings (SSSR count). The van der Waals surface area contributed by atoms with Crippen molar-refractivity contribution in [3.63, 3.8) is 0 Å². The van der Waals surface area contributed by atoms with Gasteiger partial charge in [-0.1, -0.05) is 59.6 Å². The third kappa shape index (κ3) is 3.09. The summed E-state index contributed by atoms with van der Waals surface area (Å²) in [5.74, 6) is -0.481. The van der Waals surface area contributed by atoms with E-state index in [9.17, 15) is 4.79 Å². The molecular weight excluding hydrogens is 397 g/mol. The maximum absolute atomic E-state index is 12.8. The Morgan fingerprint density at radius 2 is 1.93 bits per heavy atom. The van der Waals surface area contributed by atoms with Crippen molar-refractivity contribution in [1.82, 2.24) is 0 Å². The SMILES string of the molecule is CCOC(=O)C1=C(N)Oc2ccc3ccccc3c2[C@H]1c1ccc(Cl)cc1Cl. The van der Waals surface area contributed by atoms with Crippen LogP contribution in [0.25, 0.3) is 10.8 Å². The monoisotopic (exact) mass is 413 g/mol. The molecule has 0 bridgehead atoms. The van der Waals surface area contributed by atoms with Crippen molar-refractivity contribution in [2.75, 3.05) is 6.61 Å². The summed E-state index contributed by atoms with van der Waals surface area (Å²) < 4.78 is 11.1. The quantitative estimate of drug-likeness (QED) is 0.583. The molecule has 0 saturated carbocycles. The van der Waals surface area contributed by atoms with Gasteiger partial charge >= 0.3 is 5.97 Å². The predicted molar refractivity (Wildman–Crippen MR) is 111 cm³/mol. The fourth-order valence-corrected chi connectivity index (χ4v) is 4.11. The summed E-state index contributed by atoms with van der Waals surface area (Å²) in [5, 5.41) is 2.91. The maximum atomic E-state index is 12.8. The van der Waals surface area contributed by atoms with Gasteiger partial charge in [0.15, 0.2) is 0 Å². The highest BCUT2D eigenvalue weighted by Gasteiger charge is 2.37. The van der Waals surface area contributed by atoms with Crippen molar-refractivity contribution in [3.05, 3.63) is 87.2 Å². The van der Waals surface area contributed by atoms with Gasteiger partial charge in [0.05, 0.1) is 12.5 Å². The standard InChI is InChI=1S/C22H17Cl2NO3/c1-2-27-22(26)20-19(15-9-8-13(23)11-16(15)24)18-14-6-4-3-5-12(14)7-10-17(18)28-21(20)25/h3-11,19H,2,25H2,1H3/t19-/m1/s1. The molecule has 0 amide bonds. The van der Waals surface area contributed by atoms with Gasteiger partial charge in [-0.3, -0.25) is 0 Å². The second-order valence-electron chi connectivity index (χ2n) is 6.40. The minimum Gasteiger partial charge on any atom is -0.462 e. The summed E-state index contributed by atoms with van der Waals surface area (Å²) in [6.45, 7) is 1.96. The number of hydrogen-bond donors (Lipinski definition) is 1. The van der Waals surface area contributed by atoms with Gasteiger partial charge in [-0.15, -0.1) is 0 Å². The molecule has 3 aromatic carbocycles.